The molecule has 30 heavy (non-hydrogen) atoms. The van der Waals surface area contributed by atoms with Crippen molar-refractivity contribution >= 4 is 35.0 Å². The highest BCUT2D eigenvalue weighted by Gasteiger charge is 2.19. The molecule has 4 aromatic rings. The summed E-state index contributed by atoms with van der Waals surface area (Å²) in [6.45, 7) is 4.00. The van der Waals surface area contributed by atoms with E-state index in [0.717, 1.165) is 22.5 Å². The second-order valence-corrected chi connectivity index (χ2v) is 8.13. The van der Waals surface area contributed by atoms with Crippen molar-refractivity contribution in [3.8, 4) is 17.3 Å². The summed E-state index contributed by atoms with van der Waals surface area (Å²) in [6, 6.07) is 16.9. The standard InChI is InChI=1S/C22H19ClN4O2S/c1-14-5-10-18(15(2)12-14)24-20(28)13-30-22-26-25-21(19-4-3-11-29-19)27(22)17-8-6-16(23)7-9-17/h3-12H,13H2,1-2H3,(H,24,28). The van der Waals surface area contributed by atoms with Crippen molar-refractivity contribution in [1.29, 1.82) is 0 Å². The van der Waals surface area contributed by atoms with E-state index >= 15 is 0 Å². The van der Waals surface area contributed by atoms with Crippen LogP contribution in [0.15, 0.2) is 70.4 Å². The minimum atomic E-state index is -0.114. The Morgan fingerprint density at radius 3 is 2.63 bits per heavy atom. The molecular weight excluding hydrogens is 420 g/mol. The minimum Gasteiger partial charge on any atom is -0.461 e. The Labute approximate surface area is 183 Å². The number of carbonyl (C=O) groups is 1. The van der Waals surface area contributed by atoms with Crippen LogP contribution >= 0.6 is 23.4 Å². The van der Waals surface area contributed by atoms with Gasteiger partial charge in [-0.25, -0.2) is 0 Å². The number of rotatable bonds is 6. The molecule has 0 radical (unpaired) electrons. The van der Waals surface area contributed by atoms with Gasteiger partial charge in [0.25, 0.3) is 0 Å². The molecule has 1 N–H and O–H groups in total. The molecule has 0 spiro atoms. The van der Waals surface area contributed by atoms with Gasteiger partial charge in [-0.2, -0.15) is 0 Å². The summed E-state index contributed by atoms with van der Waals surface area (Å²) in [5, 5.41) is 12.7. The number of furan rings is 1. The molecule has 0 aliphatic rings. The zero-order valence-electron chi connectivity index (χ0n) is 16.4. The molecule has 0 fully saturated rings. The van der Waals surface area contributed by atoms with Gasteiger partial charge in [-0.05, 0) is 61.9 Å². The second kappa shape index (κ2) is 8.77. The van der Waals surface area contributed by atoms with Gasteiger partial charge >= 0.3 is 0 Å². The van der Waals surface area contributed by atoms with E-state index in [0.29, 0.717) is 21.8 Å². The fraction of sp³-hybridized carbons (Fsp3) is 0.136. The maximum Gasteiger partial charge on any atom is 0.234 e. The van der Waals surface area contributed by atoms with Crippen molar-refractivity contribution in [2.45, 2.75) is 19.0 Å². The zero-order valence-corrected chi connectivity index (χ0v) is 18.0. The molecule has 4 rings (SSSR count). The summed E-state index contributed by atoms with van der Waals surface area (Å²) >= 11 is 7.34. The first kappa shape index (κ1) is 20.3. The molecule has 0 saturated heterocycles. The van der Waals surface area contributed by atoms with Gasteiger partial charge in [0.15, 0.2) is 10.9 Å². The Morgan fingerprint density at radius 2 is 1.93 bits per heavy atom. The largest absolute Gasteiger partial charge is 0.461 e. The number of aromatic nitrogens is 3. The van der Waals surface area contributed by atoms with Crippen LogP contribution in [0.5, 0.6) is 0 Å². The molecule has 1 amide bonds. The van der Waals surface area contributed by atoms with Gasteiger partial charge < -0.3 is 9.73 Å². The molecule has 0 unspecified atom stereocenters. The highest BCUT2D eigenvalue weighted by molar-refractivity contribution is 7.99. The van der Waals surface area contributed by atoms with Crippen LogP contribution in [0, 0.1) is 13.8 Å². The van der Waals surface area contributed by atoms with E-state index in [9.17, 15) is 4.79 Å². The van der Waals surface area contributed by atoms with Crippen LogP contribution < -0.4 is 5.32 Å². The molecule has 0 atom stereocenters. The number of carbonyl (C=O) groups excluding carboxylic acids is 1. The lowest BCUT2D eigenvalue weighted by atomic mass is 10.1. The lowest BCUT2D eigenvalue weighted by molar-refractivity contribution is -0.113. The van der Waals surface area contributed by atoms with Crippen molar-refractivity contribution in [3.05, 3.63) is 77.0 Å². The maximum absolute atomic E-state index is 12.5. The number of halogens is 1. The third-order valence-corrected chi connectivity index (χ3v) is 5.63. The number of benzene rings is 2. The molecule has 2 aromatic carbocycles. The van der Waals surface area contributed by atoms with Crippen LogP contribution in [0.2, 0.25) is 5.02 Å². The van der Waals surface area contributed by atoms with E-state index in [1.807, 2.05) is 54.8 Å². The highest BCUT2D eigenvalue weighted by atomic mass is 35.5. The van der Waals surface area contributed by atoms with Crippen LogP contribution in [0.4, 0.5) is 5.69 Å². The predicted octanol–water partition coefficient (Wildman–Crippen LogP) is 5.53. The molecule has 152 valence electrons. The Morgan fingerprint density at radius 1 is 1.13 bits per heavy atom. The first-order valence-corrected chi connectivity index (χ1v) is 10.6. The third kappa shape index (κ3) is 4.42. The summed E-state index contributed by atoms with van der Waals surface area (Å²) in [5.41, 5.74) is 3.81. The monoisotopic (exact) mass is 438 g/mol. The van der Waals surface area contributed by atoms with Gasteiger partial charge in [0.2, 0.25) is 11.7 Å². The van der Waals surface area contributed by atoms with Crippen molar-refractivity contribution in [1.82, 2.24) is 14.8 Å². The summed E-state index contributed by atoms with van der Waals surface area (Å²) in [6.07, 6.45) is 1.58. The van der Waals surface area contributed by atoms with Crippen LogP contribution in [-0.4, -0.2) is 26.4 Å². The van der Waals surface area contributed by atoms with Gasteiger partial charge in [-0.3, -0.25) is 9.36 Å². The molecule has 0 aliphatic heterocycles. The predicted molar refractivity (Wildman–Crippen MR) is 119 cm³/mol. The third-order valence-electron chi connectivity index (χ3n) is 4.45. The molecule has 0 bridgehead atoms. The van der Waals surface area contributed by atoms with Crippen molar-refractivity contribution < 1.29 is 9.21 Å². The van der Waals surface area contributed by atoms with E-state index in [1.54, 1.807) is 24.5 Å². The Kier molecular flexibility index (Phi) is 5.92. The van der Waals surface area contributed by atoms with E-state index in [1.165, 1.54) is 11.8 Å². The average Bonchev–Trinajstić information content (AvgIpc) is 3.39. The lowest BCUT2D eigenvalue weighted by Crippen LogP contribution is -2.15. The quantitative estimate of drug-likeness (QED) is 0.401. The summed E-state index contributed by atoms with van der Waals surface area (Å²) < 4.78 is 7.36. The smallest absolute Gasteiger partial charge is 0.234 e. The SMILES string of the molecule is Cc1ccc(NC(=O)CSc2nnc(-c3ccco3)n2-c2ccc(Cl)cc2)c(C)c1. The molecule has 0 aliphatic carbocycles. The summed E-state index contributed by atoms with van der Waals surface area (Å²) in [5.74, 6) is 1.22. The van der Waals surface area contributed by atoms with Gasteiger partial charge in [-0.1, -0.05) is 41.1 Å². The Balaban J connectivity index is 1.56. The molecule has 2 heterocycles. The molecule has 2 aromatic heterocycles. The van der Waals surface area contributed by atoms with Crippen LogP contribution in [0.3, 0.4) is 0 Å². The number of hydrogen-bond donors (Lipinski definition) is 1. The van der Waals surface area contributed by atoms with Gasteiger partial charge in [0, 0.05) is 16.4 Å². The first-order chi connectivity index (χ1) is 14.5. The van der Waals surface area contributed by atoms with E-state index in [4.69, 9.17) is 16.0 Å². The number of thioether (sulfide) groups is 1. The van der Waals surface area contributed by atoms with Crippen LogP contribution in [-0.2, 0) is 4.79 Å². The van der Waals surface area contributed by atoms with E-state index < -0.39 is 0 Å². The Bertz CT molecular complexity index is 1170. The fourth-order valence-corrected chi connectivity index (χ4v) is 3.90. The van der Waals surface area contributed by atoms with E-state index in [2.05, 4.69) is 15.5 Å². The first-order valence-electron chi connectivity index (χ1n) is 9.26. The maximum atomic E-state index is 12.5. The number of nitrogens with one attached hydrogen (secondary N) is 1. The number of amides is 1. The van der Waals surface area contributed by atoms with Crippen molar-refractivity contribution in [2.24, 2.45) is 0 Å². The highest BCUT2D eigenvalue weighted by Crippen LogP contribution is 2.29. The summed E-state index contributed by atoms with van der Waals surface area (Å²) in [7, 11) is 0. The van der Waals surface area contributed by atoms with Crippen LogP contribution in [0.25, 0.3) is 17.3 Å². The fourth-order valence-electron chi connectivity index (χ4n) is 3.02. The summed E-state index contributed by atoms with van der Waals surface area (Å²) in [4.78, 5) is 12.5. The average molecular weight is 439 g/mol. The molecule has 8 heteroatoms. The number of nitrogens with zero attached hydrogens (tertiary/aromatic N) is 3. The molecule has 6 nitrogen and oxygen atoms in total. The number of anilines is 1. The van der Waals surface area contributed by atoms with Gasteiger partial charge in [0.1, 0.15) is 0 Å². The second-order valence-electron chi connectivity index (χ2n) is 6.75. The van der Waals surface area contributed by atoms with Crippen molar-refractivity contribution in [2.75, 3.05) is 11.1 Å². The molecular formula is C22H19ClN4O2S. The zero-order chi connectivity index (χ0) is 21.1. The normalized spacial score (nSPS) is 10.9. The van der Waals surface area contributed by atoms with Gasteiger partial charge in [-0.15, -0.1) is 10.2 Å². The van der Waals surface area contributed by atoms with Crippen LogP contribution in [0.1, 0.15) is 11.1 Å². The van der Waals surface area contributed by atoms with E-state index in [-0.39, 0.29) is 11.7 Å². The number of aryl methyl sites for hydroxylation is 2. The topological polar surface area (TPSA) is 73.0 Å². The van der Waals surface area contributed by atoms with Crippen molar-refractivity contribution in [3.63, 3.8) is 0 Å². The lowest BCUT2D eigenvalue weighted by Gasteiger charge is -2.11. The molecule has 0 saturated carbocycles. The number of hydrogen-bond acceptors (Lipinski definition) is 5. The Hall–Kier alpha value is -3.03. The minimum absolute atomic E-state index is 0.114. The van der Waals surface area contributed by atoms with Gasteiger partial charge in [0.05, 0.1) is 12.0 Å².